The topological polar surface area (TPSA) is 98.8 Å². The maximum Gasteiger partial charge on any atom is 0.257 e. The molecule has 2 amide bonds. The van der Waals surface area contributed by atoms with Crippen molar-refractivity contribution in [1.29, 1.82) is 0 Å². The van der Waals surface area contributed by atoms with Crippen LogP contribution in [0.25, 0.3) is 0 Å². The first-order valence-electron chi connectivity index (χ1n) is 10.9. The van der Waals surface area contributed by atoms with Gasteiger partial charge in [0.2, 0.25) is 15.9 Å². The predicted octanol–water partition coefficient (Wildman–Crippen LogP) is 1.69. The van der Waals surface area contributed by atoms with Gasteiger partial charge in [-0.2, -0.15) is 4.31 Å². The van der Waals surface area contributed by atoms with Gasteiger partial charge in [-0.25, -0.2) is 8.42 Å². The number of piperidine rings is 1. The van der Waals surface area contributed by atoms with E-state index in [2.05, 4.69) is 16.9 Å². The fraction of sp³-hybridized carbons (Fsp3) is 0.391. The highest BCUT2D eigenvalue weighted by molar-refractivity contribution is 7.89. The number of hydrogen-bond donors (Lipinski definition) is 2. The molecule has 2 heterocycles. The highest BCUT2D eigenvalue weighted by Crippen LogP contribution is 2.26. The average molecular weight is 457 g/mol. The number of fused-ring (bicyclic) bond motifs is 1. The molecule has 0 spiro atoms. The summed E-state index contributed by atoms with van der Waals surface area (Å²) in [5.74, 6) is -0.901. The van der Waals surface area contributed by atoms with Crippen molar-refractivity contribution < 1.29 is 18.0 Å². The molecule has 4 rings (SSSR count). The van der Waals surface area contributed by atoms with Gasteiger partial charge in [-0.05, 0) is 49.4 Å². The van der Waals surface area contributed by atoms with E-state index >= 15 is 0 Å². The lowest BCUT2D eigenvalue weighted by Gasteiger charge is -2.31. The highest BCUT2D eigenvalue weighted by Gasteiger charge is 2.32. The zero-order valence-corrected chi connectivity index (χ0v) is 18.7. The molecule has 0 radical (unpaired) electrons. The van der Waals surface area contributed by atoms with E-state index in [1.165, 1.54) is 9.87 Å². The first-order chi connectivity index (χ1) is 15.4. The van der Waals surface area contributed by atoms with Crippen LogP contribution >= 0.6 is 0 Å². The van der Waals surface area contributed by atoms with Crippen molar-refractivity contribution in [3.63, 3.8) is 0 Å². The summed E-state index contributed by atoms with van der Waals surface area (Å²) < 4.78 is 26.9. The number of hydrazine groups is 1. The van der Waals surface area contributed by atoms with Crippen LogP contribution < -0.4 is 15.8 Å². The minimum atomic E-state index is -3.55. The second-order valence-corrected chi connectivity index (χ2v) is 10.1. The molecule has 8 nitrogen and oxygen atoms in total. The van der Waals surface area contributed by atoms with Crippen molar-refractivity contribution in [2.45, 2.75) is 30.6 Å². The first-order valence-corrected chi connectivity index (χ1v) is 12.4. The van der Waals surface area contributed by atoms with Crippen LogP contribution in [-0.2, 0) is 26.0 Å². The molecule has 170 valence electrons. The number of hydrogen-bond acceptors (Lipinski definition) is 5. The van der Waals surface area contributed by atoms with Gasteiger partial charge in [0, 0.05) is 31.2 Å². The number of rotatable bonds is 5. The van der Waals surface area contributed by atoms with Gasteiger partial charge in [0.15, 0.2) is 0 Å². The van der Waals surface area contributed by atoms with Gasteiger partial charge in [0.05, 0.1) is 11.4 Å². The van der Waals surface area contributed by atoms with E-state index in [0.717, 1.165) is 25.1 Å². The van der Waals surface area contributed by atoms with Crippen LogP contribution in [-0.4, -0.2) is 50.7 Å². The van der Waals surface area contributed by atoms with Crippen LogP contribution in [0.3, 0.4) is 0 Å². The van der Waals surface area contributed by atoms with Gasteiger partial charge < -0.3 is 4.90 Å². The van der Waals surface area contributed by atoms with Crippen LogP contribution in [0.4, 0.5) is 5.69 Å². The van der Waals surface area contributed by atoms with Gasteiger partial charge in [0.1, 0.15) is 0 Å². The third-order valence-electron chi connectivity index (χ3n) is 6.07. The predicted molar refractivity (Wildman–Crippen MR) is 121 cm³/mol. The summed E-state index contributed by atoms with van der Waals surface area (Å²) >= 11 is 0. The fourth-order valence-corrected chi connectivity index (χ4v) is 5.81. The molecule has 2 aromatic rings. The van der Waals surface area contributed by atoms with Gasteiger partial charge in [-0.3, -0.25) is 20.4 Å². The molecule has 1 saturated heterocycles. The lowest BCUT2D eigenvalue weighted by molar-refractivity contribution is -0.131. The van der Waals surface area contributed by atoms with E-state index in [0.29, 0.717) is 12.8 Å². The molecule has 2 aliphatic rings. The second-order valence-electron chi connectivity index (χ2n) is 8.18. The maximum absolute atomic E-state index is 12.7. The number of nitrogens with one attached hydrogen (secondary N) is 2. The quantitative estimate of drug-likeness (QED) is 0.667. The van der Waals surface area contributed by atoms with E-state index in [4.69, 9.17) is 0 Å². The molecule has 1 fully saturated rings. The van der Waals surface area contributed by atoms with Crippen LogP contribution in [0.5, 0.6) is 0 Å². The SMILES string of the molecule is O=C(CN1CCCc2ccccc21)NNC(=O)C1CCN(S(=O)(=O)c2ccccc2)CC1. The summed E-state index contributed by atoms with van der Waals surface area (Å²) in [6, 6.07) is 16.3. The average Bonchev–Trinajstić information content (AvgIpc) is 2.83. The molecule has 0 saturated carbocycles. The molecule has 2 aromatic carbocycles. The summed E-state index contributed by atoms with van der Waals surface area (Å²) in [7, 11) is -3.55. The van der Waals surface area contributed by atoms with Crippen molar-refractivity contribution in [2.24, 2.45) is 5.92 Å². The fourth-order valence-electron chi connectivity index (χ4n) is 4.32. The monoisotopic (exact) mass is 456 g/mol. The molecule has 9 heteroatoms. The maximum atomic E-state index is 12.7. The van der Waals surface area contributed by atoms with Gasteiger partial charge in [-0.15, -0.1) is 0 Å². The number of carbonyl (C=O) groups is 2. The molecule has 0 aromatic heterocycles. The number of amides is 2. The van der Waals surface area contributed by atoms with Gasteiger partial charge in [0.25, 0.3) is 5.91 Å². The second kappa shape index (κ2) is 9.70. The van der Waals surface area contributed by atoms with Crippen molar-refractivity contribution in [3.05, 3.63) is 60.2 Å². The van der Waals surface area contributed by atoms with E-state index in [-0.39, 0.29) is 42.3 Å². The standard InChI is InChI=1S/C23H28N4O4S/c28-22(17-26-14-6-8-18-7-4-5-11-21(18)26)24-25-23(29)19-12-15-27(16-13-19)32(30,31)20-9-2-1-3-10-20/h1-5,7,9-11,19H,6,8,12-17H2,(H,24,28)(H,25,29). The van der Waals surface area contributed by atoms with Crippen molar-refractivity contribution in [1.82, 2.24) is 15.2 Å². The Labute approximate surface area is 188 Å². The summed E-state index contributed by atoms with van der Waals surface area (Å²) in [6.07, 6.45) is 2.81. The third-order valence-corrected chi connectivity index (χ3v) is 7.98. The Morgan fingerprint density at radius 2 is 1.59 bits per heavy atom. The third kappa shape index (κ3) is 4.94. The smallest absolute Gasteiger partial charge is 0.257 e. The van der Waals surface area contributed by atoms with Crippen LogP contribution in [0, 0.1) is 5.92 Å². The molecule has 0 aliphatic carbocycles. The number of carbonyl (C=O) groups excluding carboxylic acids is 2. The van der Waals surface area contributed by atoms with Crippen LogP contribution in [0.15, 0.2) is 59.5 Å². The number of aryl methyl sites for hydroxylation is 1. The minimum absolute atomic E-state index is 0.172. The lowest BCUT2D eigenvalue weighted by atomic mass is 9.98. The Bertz CT molecular complexity index is 1070. The van der Waals surface area contributed by atoms with E-state index < -0.39 is 10.0 Å². The van der Waals surface area contributed by atoms with E-state index in [1.54, 1.807) is 30.3 Å². The molecule has 32 heavy (non-hydrogen) atoms. The molecule has 2 aliphatic heterocycles. The van der Waals surface area contributed by atoms with Gasteiger partial charge >= 0.3 is 0 Å². The van der Waals surface area contributed by atoms with Crippen molar-refractivity contribution >= 4 is 27.5 Å². The number of benzene rings is 2. The molecule has 0 bridgehead atoms. The molecule has 0 atom stereocenters. The molecule has 2 N–H and O–H groups in total. The Hall–Kier alpha value is -2.91. The normalized spacial score (nSPS) is 17.4. The Morgan fingerprint density at radius 3 is 2.34 bits per heavy atom. The number of nitrogens with zero attached hydrogens (tertiary/aromatic N) is 2. The van der Waals surface area contributed by atoms with Crippen molar-refractivity contribution in [3.8, 4) is 0 Å². The highest BCUT2D eigenvalue weighted by atomic mass is 32.2. The van der Waals surface area contributed by atoms with Crippen LogP contribution in [0.2, 0.25) is 0 Å². The lowest BCUT2D eigenvalue weighted by Crippen LogP contribution is -2.50. The van der Waals surface area contributed by atoms with E-state index in [1.807, 2.05) is 23.1 Å². The minimum Gasteiger partial charge on any atom is -0.362 e. The Balaban J connectivity index is 1.25. The number of sulfonamides is 1. The summed E-state index contributed by atoms with van der Waals surface area (Å²) in [5.41, 5.74) is 7.32. The zero-order valence-electron chi connectivity index (χ0n) is 17.9. The Morgan fingerprint density at radius 1 is 0.906 bits per heavy atom. The molecular weight excluding hydrogens is 428 g/mol. The van der Waals surface area contributed by atoms with Crippen LogP contribution in [0.1, 0.15) is 24.8 Å². The molecule has 0 unspecified atom stereocenters. The number of anilines is 1. The van der Waals surface area contributed by atoms with Gasteiger partial charge in [-0.1, -0.05) is 36.4 Å². The Kier molecular flexibility index (Phi) is 6.76. The van der Waals surface area contributed by atoms with E-state index in [9.17, 15) is 18.0 Å². The summed E-state index contributed by atoms with van der Waals surface area (Å²) in [4.78, 5) is 27.2. The largest absolute Gasteiger partial charge is 0.362 e. The zero-order chi connectivity index (χ0) is 22.6. The summed E-state index contributed by atoms with van der Waals surface area (Å²) in [6.45, 7) is 1.51. The molecular formula is C23H28N4O4S. The number of para-hydroxylation sites is 1. The summed E-state index contributed by atoms with van der Waals surface area (Å²) in [5, 5.41) is 0. The van der Waals surface area contributed by atoms with Crippen molar-refractivity contribution in [2.75, 3.05) is 31.1 Å². The first kappa shape index (κ1) is 22.3.